The van der Waals surface area contributed by atoms with Crippen LogP contribution in [-0.2, 0) is 9.59 Å². The van der Waals surface area contributed by atoms with Gasteiger partial charge >= 0.3 is 5.97 Å². The number of nitrogens with zero attached hydrogens (tertiary/aromatic N) is 1. The fourth-order valence-corrected chi connectivity index (χ4v) is 2.21. The molecule has 1 fully saturated rings. The van der Waals surface area contributed by atoms with E-state index in [0.29, 0.717) is 24.3 Å². The molecule has 0 radical (unpaired) electrons. The van der Waals surface area contributed by atoms with Crippen molar-refractivity contribution in [2.45, 2.75) is 12.5 Å². The van der Waals surface area contributed by atoms with Gasteiger partial charge in [0.1, 0.15) is 6.04 Å². The Morgan fingerprint density at radius 3 is 2.55 bits per heavy atom. The number of benzene rings is 1. The predicted octanol–water partition coefficient (Wildman–Crippen LogP) is -0.435. The van der Waals surface area contributed by atoms with E-state index in [1.807, 2.05) is 0 Å². The summed E-state index contributed by atoms with van der Waals surface area (Å²) in [5, 5.41) is 11.5. The second-order valence-electron chi connectivity index (χ2n) is 4.51. The molecular weight excluding hydrogens is 262 g/mol. The first-order chi connectivity index (χ1) is 9.49. The molecular formula is C13H15N3O4. The summed E-state index contributed by atoms with van der Waals surface area (Å²) in [6.07, 6.45) is -0.274. The SMILES string of the molecule is NC(=O)c1ccc(N2CCNC(=O)C2CC(=O)O)cc1. The summed E-state index contributed by atoms with van der Waals surface area (Å²) in [6, 6.07) is 5.69. The van der Waals surface area contributed by atoms with Crippen molar-refractivity contribution in [3.8, 4) is 0 Å². The van der Waals surface area contributed by atoms with Crippen LogP contribution in [-0.4, -0.2) is 42.0 Å². The number of carboxylic acids is 1. The monoisotopic (exact) mass is 277 g/mol. The highest BCUT2D eigenvalue weighted by Gasteiger charge is 2.31. The van der Waals surface area contributed by atoms with E-state index in [2.05, 4.69) is 5.32 Å². The van der Waals surface area contributed by atoms with E-state index in [9.17, 15) is 14.4 Å². The second-order valence-corrected chi connectivity index (χ2v) is 4.51. The van der Waals surface area contributed by atoms with Crippen LogP contribution in [0, 0.1) is 0 Å². The molecule has 1 aliphatic heterocycles. The van der Waals surface area contributed by atoms with Crippen molar-refractivity contribution in [2.24, 2.45) is 5.73 Å². The maximum absolute atomic E-state index is 11.8. The van der Waals surface area contributed by atoms with E-state index in [-0.39, 0.29) is 12.3 Å². The average Bonchev–Trinajstić information content (AvgIpc) is 2.41. The maximum Gasteiger partial charge on any atom is 0.305 e. The van der Waals surface area contributed by atoms with Gasteiger partial charge in [0.2, 0.25) is 11.8 Å². The zero-order valence-electron chi connectivity index (χ0n) is 10.7. The molecule has 20 heavy (non-hydrogen) atoms. The Morgan fingerprint density at radius 2 is 2.00 bits per heavy atom. The molecule has 0 saturated carbocycles. The number of aliphatic carboxylic acids is 1. The van der Waals surface area contributed by atoms with Gasteiger partial charge in [-0.3, -0.25) is 14.4 Å². The standard InChI is InChI=1S/C13H15N3O4/c14-12(19)8-1-3-9(4-2-8)16-6-5-15-13(20)10(16)7-11(17)18/h1-4,10H,5-7H2,(H2,14,19)(H,15,20)(H,17,18). The lowest BCUT2D eigenvalue weighted by Gasteiger charge is -2.36. The zero-order valence-corrected chi connectivity index (χ0v) is 10.7. The van der Waals surface area contributed by atoms with Crippen LogP contribution in [0.1, 0.15) is 16.8 Å². The first-order valence-electron chi connectivity index (χ1n) is 6.15. The molecule has 4 N–H and O–H groups in total. The van der Waals surface area contributed by atoms with Gasteiger partial charge in [-0.1, -0.05) is 0 Å². The van der Waals surface area contributed by atoms with Crippen LogP contribution in [0.25, 0.3) is 0 Å². The highest BCUT2D eigenvalue weighted by atomic mass is 16.4. The van der Waals surface area contributed by atoms with E-state index >= 15 is 0 Å². The Kier molecular flexibility index (Phi) is 3.88. The summed E-state index contributed by atoms with van der Waals surface area (Å²) in [6.45, 7) is 0.964. The van der Waals surface area contributed by atoms with E-state index in [1.54, 1.807) is 29.2 Å². The average molecular weight is 277 g/mol. The number of hydrogen-bond donors (Lipinski definition) is 3. The Bertz CT molecular complexity index is 541. The lowest BCUT2D eigenvalue weighted by Crippen LogP contribution is -2.56. The third kappa shape index (κ3) is 2.87. The minimum atomic E-state index is -1.04. The minimum absolute atomic E-state index is 0.274. The number of carbonyl (C=O) groups is 3. The summed E-state index contributed by atoms with van der Waals surface area (Å²) in [5.41, 5.74) is 6.22. The highest BCUT2D eigenvalue weighted by molar-refractivity contribution is 5.93. The highest BCUT2D eigenvalue weighted by Crippen LogP contribution is 2.21. The molecule has 2 amide bonds. The number of carbonyl (C=O) groups excluding carboxylic acids is 2. The predicted molar refractivity (Wildman–Crippen MR) is 71.4 cm³/mol. The number of hydrogen-bond acceptors (Lipinski definition) is 4. The van der Waals surface area contributed by atoms with E-state index in [1.165, 1.54) is 0 Å². The number of nitrogens with one attached hydrogen (secondary N) is 1. The molecule has 0 spiro atoms. The summed E-state index contributed by atoms with van der Waals surface area (Å²) < 4.78 is 0. The first-order valence-corrected chi connectivity index (χ1v) is 6.15. The lowest BCUT2D eigenvalue weighted by atomic mass is 10.1. The van der Waals surface area contributed by atoms with Gasteiger partial charge in [-0.15, -0.1) is 0 Å². The van der Waals surface area contributed by atoms with E-state index in [0.717, 1.165) is 0 Å². The Balaban J connectivity index is 2.25. The summed E-state index contributed by atoms with van der Waals surface area (Å²) >= 11 is 0. The van der Waals surface area contributed by atoms with Crippen LogP contribution >= 0.6 is 0 Å². The van der Waals surface area contributed by atoms with Crippen molar-refractivity contribution in [1.82, 2.24) is 5.32 Å². The second kappa shape index (κ2) is 5.60. The molecule has 1 atom stereocenters. The molecule has 2 rings (SSSR count). The van der Waals surface area contributed by atoms with Crippen molar-refractivity contribution in [3.05, 3.63) is 29.8 Å². The van der Waals surface area contributed by atoms with E-state index < -0.39 is 17.9 Å². The van der Waals surface area contributed by atoms with Crippen LogP contribution < -0.4 is 16.0 Å². The molecule has 1 unspecified atom stereocenters. The maximum atomic E-state index is 11.8. The normalized spacial score (nSPS) is 18.5. The van der Waals surface area contributed by atoms with Crippen LogP contribution in [0.4, 0.5) is 5.69 Å². The lowest BCUT2D eigenvalue weighted by molar-refractivity contribution is -0.139. The molecule has 0 aromatic heterocycles. The largest absolute Gasteiger partial charge is 0.481 e. The zero-order chi connectivity index (χ0) is 14.7. The minimum Gasteiger partial charge on any atom is -0.481 e. The van der Waals surface area contributed by atoms with Crippen LogP contribution in [0.2, 0.25) is 0 Å². The van der Waals surface area contributed by atoms with Crippen LogP contribution in [0.15, 0.2) is 24.3 Å². The molecule has 1 heterocycles. The third-order valence-electron chi connectivity index (χ3n) is 3.18. The van der Waals surface area contributed by atoms with Gasteiger partial charge in [0.05, 0.1) is 6.42 Å². The molecule has 0 bridgehead atoms. The Labute approximate surface area is 115 Å². The molecule has 7 nitrogen and oxygen atoms in total. The number of rotatable bonds is 4. The number of primary amides is 1. The molecule has 106 valence electrons. The molecule has 7 heteroatoms. The number of anilines is 1. The van der Waals surface area contributed by atoms with Gasteiger partial charge in [0.15, 0.2) is 0 Å². The van der Waals surface area contributed by atoms with Gasteiger partial charge in [-0.05, 0) is 24.3 Å². The quantitative estimate of drug-likeness (QED) is 0.691. The fourth-order valence-electron chi connectivity index (χ4n) is 2.21. The molecule has 1 aromatic rings. The van der Waals surface area contributed by atoms with Crippen LogP contribution in [0.5, 0.6) is 0 Å². The van der Waals surface area contributed by atoms with Gasteiger partial charge in [0.25, 0.3) is 0 Å². The smallest absolute Gasteiger partial charge is 0.305 e. The van der Waals surface area contributed by atoms with Gasteiger partial charge < -0.3 is 21.1 Å². The number of nitrogens with two attached hydrogens (primary N) is 1. The van der Waals surface area contributed by atoms with Crippen molar-refractivity contribution in [2.75, 3.05) is 18.0 Å². The van der Waals surface area contributed by atoms with Crippen molar-refractivity contribution in [3.63, 3.8) is 0 Å². The van der Waals surface area contributed by atoms with Crippen molar-refractivity contribution in [1.29, 1.82) is 0 Å². The van der Waals surface area contributed by atoms with Gasteiger partial charge in [-0.25, -0.2) is 0 Å². The number of carboxylic acid groups (broad SMARTS) is 1. The summed E-state index contributed by atoms with van der Waals surface area (Å²) in [5.74, 6) is -1.88. The fraction of sp³-hybridized carbons (Fsp3) is 0.308. The Morgan fingerprint density at radius 1 is 1.35 bits per heavy atom. The van der Waals surface area contributed by atoms with Gasteiger partial charge in [0, 0.05) is 24.3 Å². The van der Waals surface area contributed by atoms with Crippen LogP contribution in [0.3, 0.4) is 0 Å². The molecule has 0 aliphatic carbocycles. The summed E-state index contributed by atoms with van der Waals surface area (Å²) in [4.78, 5) is 35.4. The third-order valence-corrected chi connectivity index (χ3v) is 3.18. The molecule has 1 aliphatic rings. The summed E-state index contributed by atoms with van der Waals surface area (Å²) in [7, 11) is 0. The first kappa shape index (κ1) is 13.9. The van der Waals surface area contributed by atoms with Crippen molar-refractivity contribution < 1.29 is 19.5 Å². The number of amides is 2. The van der Waals surface area contributed by atoms with Gasteiger partial charge in [-0.2, -0.15) is 0 Å². The molecule has 1 aromatic carbocycles. The molecule has 1 saturated heterocycles. The van der Waals surface area contributed by atoms with Crippen molar-refractivity contribution >= 4 is 23.5 Å². The Hall–Kier alpha value is -2.57. The number of piperazine rings is 1. The topological polar surface area (TPSA) is 113 Å². The van der Waals surface area contributed by atoms with E-state index in [4.69, 9.17) is 10.8 Å².